The highest BCUT2D eigenvalue weighted by Gasteiger charge is 2.31. The lowest BCUT2D eigenvalue weighted by Gasteiger charge is -2.16. The third-order valence-corrected chi connectivity index (χ3v) is 18.7. The van der Waals surface area contributed by atoms with Gasteiger partial charge >= 0.3 is 45.1 Å². The van der Waals surface area contributed by atoms with Crippen molar-refractivity contribution in [3.05, 3.63) is 142 Å². The van der Waals surface area contributed by atoms with Gasteiger partial charge in [-0.3, -0.25) is 28.6 Å². The van der Waals surface area contributed by atoms with Crippen LogP contribution in [0.3, 0.4) is 0 Å². The predicted octanol–water partition coefficient (Wildman–Crippen LogP) is 6.24. The van der Waals surface area contributed by atoms with E-state index in [2.05, 4.69) is 5.32 Å². The fourth-order valence-electron chi connectivity index (χ4n) is 11.1. The minimum Gasteiger partial charge on any atom is -0.748 e. The van der Waals surface area contributed by atoms with Crippen molar-refractivity contribution in [3.8, 4) is 34.5 Å². The molecule has 596 valence electrons. The number of amides is 2. The molecule has 8 aromatic rings. The molecular formula is C69H78N3O32S6+. The molecule has 9 rings (SSSR count). The topological polar surface area (TPSA) is 530 Å². The van der Waals surface area contributed by atoms with Crippen LogP contribution in [0.15, 0.2) is 97.1 Å². The molecule has 0 unspecified atom stereocenters. The zero-order valence-corrected chi connectivity index (χ0v) is 64.9. The number of carboxylic acid groups (broad SMARTS) is 1. The fraction of sp³-hybridized carbons (Fsp3) is 0.362. The minimum atomic E-state index is -4.50. The van der Waals surface area contributed by atoms with Crippen LogP contribution in [0.5, 0.6) is 34.5 Å². The van der Waals surface area contributed by atoms with Gasteiger partial charge in [0.15, 0.2) is 13.1 Å². The molecule has 1 aliphatic rings. The number of nitrogens with one attached hydrogen (secondary N) is 1. The highest BCUT2D eigenvalue weighted by atomic mass is 32.2. The summed E-state index contributed by atoms with van der Waals surface area (Å²) in [6, 6.07) is 25.9. The van der Waals surface area contributed by atoms with E-state index < -0.39 is 109 Å². The molecule has 0 bridgehead atoms. The number of ether oxygens (including phenoxy) is 7. The van der Waals surface area contributed by atoms with E-state index in [0.717, 1.165) is 12.8 Å². The normalized spacial score (nSPS) is 12.0. The molecule has 5 N–H and O–H groups in total. The van der Waals surface area contributed by atoms with Crippen LogP contribution in [-0.4, -0.2) is 174 Å². The second-order valence-corrected chi connectivity index (χ2v) is 31.1. The van der Waals surface area contributed by atoms with Gasteiger partial charge in [0.25, 0.3) is 30.4 Å². The van der Waals surface area contributed by atoms with E-state index in [0.29, 0.717) is 115 Å². The first-order valence-electron chi connectivity index (χ1n) is 33.0. The summed E-state index contributed by atoms with van der Waals surface area (Å²) in [4.78, 5) is 72.4. The number of fused-ring (bicyclic) bond motifs is 4. The molecule has 35 nitrogen and oxygen atoms in total. The van der Waals surface area contributed by atoms with Crippen LogP contribution >= 0.6 is 0 Å². The molecule has 1 fully saturated rings. The number of hydrogen-bond donors (Lipinski definition) is 5. The maximum absolute atomic E-state index is 14.3. The second-order valence-electron chi connectivity index (χ2n) is 24.0. The molecule has 1 aliphatic heterocycles. The predicted molar refractivity (Wildman–Crippen MR) is 390 cm³/mol. The van der Waals surface area contributed by atoms with E-state index in [1.165, 1.54) is 19.2 Å². The van der Waals surface area contributed by atoms with E-state index in [1.807, 2.05) is 18.4 Å². The van der Waals surface area contributed by atoms with Gasteiger partial charge in [-0.2, -0.15) is 34.4 Å². The summed E-state index contributed by atoms with van der Waals surface area (Å²) in [5.41, 5.74) is 4.54. The summed E-state index contributed by atoms with van der Waals surface area (Å²) < 4.78 is 224. The van der Waals surface area contributed by atoms with E-state index in [9.17, 15) is 76.7 Å². The number of aryl methyl sites for hydroxylation is 6. The second kappa shape index (κ2) is 41.0. The molecule has 0 aliphatic carbocycles. The van der Waals surface area contributed by atoms with Crippen LogP contribution < -0.4 is 42.9 Å². The summed E-state index contributed by atoms with van der Waals surface area (Å²) in [6.45, 7) is 11.5. The largest absolute Gasteiger partial charge is 0.748 e. The molecule has 0 spiro atoms. The average Bonchev–Trinajstić information content (AvgIpc) is 0.805. The molecule has 110 heavy (non-hydrogen) atoms. The number of aromatic nitrogens is 2. The standard InChI is InChI=1S/C33H37NO12S2.C32H35NO12S2.C4H5NO2.2O3S/c1-5-13-44-24-8-10-28-26(19-24)30(33(36)46-31-21(2)17-23(18-22(31)3)32(35)43-4)27-20-25(45-14-7-16-48(40,41)42)9-11-29(27)34(28)12-6-15-47(37,38)39;1-4-12-43-23-7-9-27-25(18-23)29(32(36)45-30-20(2)16-22(31(34)35)17-21(30)3)26-19-24(44-13-6-15-47(40,41)42)8-10-28(26)33(27)11-5-14-46(37,38)39;6-3-1-2-4(7)5-3;2*1-4(2)3/h8-11,17-20H,5-7,12-16H2,1-4H3,(H-,37,38,39,40,41,42);7-10,16-19H,4-6,11-15H2,1-3H3,(H2-,34,35,37,38,39,40,41,42);1-2H2,(H,5,6,7);;/p+1. The quantitative estimate of drug-likeness (QED) is 0.00632. The van der Waals surface area contributed by atoms with Gasteiger partial charge in [0.2, 0.25) is 33.9 Å². The van der Waals surface area contributed by atoms with Gasteiger partial charge < -0.3 is 42.8 Å². The summed E-state index contributed by atoms with van der Waals surface area (Å²) in [5, 5.41) is 13.1. The van der Waals surface area contributed by atoms with E-state index in [4.69, 9.17) is 67.5 Å². The molecule has 2 amide bonds. The lowest BCUT2D eigenvalue weighted by Crippen LogP contribution is -2.37. The molecule has 0 saturated carbocycles. The van der Waals surface area contributed by atoms with Crippen LogP contribution in [0.4, 0.5) is 0 Å². The Hall–Kier alpha value is -10.2. The fourth-order valence-corrected chi connectivity index (χ4v) is 13.1. The Kier molecular flexibility index (Phi) is 33.7. The maximum atomic E-state index is 14.3. The Bertz CT molecular complexity index is 5450. The molecule has 3 heterocycles. The van der Waals surface area contributed by atoms with Gasteiger partial charge in [0.05, 0.1) is 105 Å². The first-order chi connectivity index (χ1) is 51.4. The molecule has 41 heteroatoms. The number of carbonyl (C=O) groups is 6. The van der Waals surface area contributed by atoms with Crippen molar-refractivity contribution in [3.63, 3.8) is 0 Å². The third kappa shape index (κ3) is 28.6. The van der Waals surface area contributed by atoms with Gasteiger partial charge in [-0.25, -0.2) is 27.6 Å². The SMILES string of the molecule is CCCOc1ccc2c(c1)c(C(=O)Oc1c(C)cc(C(=O)O)cc1C)c1cc(OCCCS(=O)(=O)O)ccc1[n+]2CCCS(=O)(=O)[O-].CCCOc1ccc2c(c1)c(C(=O)Oc1c(C)cc(C(=O)OC)cc1C)c1cc(OCCCS(=O)(=O)O)ccc1[n+]2CCCS(=O)(=O)O.O=C1CCC(=O)N1.O=S(=O)=O.O=S(=O)=O. The first-order valence-corrected chi connectivity index (χ1v) is 41.4. The highest BCUT2D eigenvalue weighted by Crippen LogP contribution is 2.36. The van der Waals surface area contributed by atoms with Gasteiger partial charge in [0, 0.05) is 55.7 Å². The maximum Gasteiger partial charge on any atom is 0.425 e. The lowest BCUT2D eigenvalue weighted by atomic mass is 10.0. The number of pyridine rings is 2. The van der Waals surface area contributed by atoms with E-state index in [-0.39, 0.29) is 97.7 Å². The number of carbonyl (C=O) groups excluding carboxylic acids is 5. The molecule has 6 aromatic carbocycles. The number of carboxylic acids is 1. The summed E-state index contributed by atoms with van der Waals surface area (Å²) in [5.74, 6) is -3.65. The van der Waals surface area contributed by atoms with Crippen LogP contribution in [0, 0.1) is 27.7 Å². The lowest BCUT2D eigenvalue weighted by molar-refractivity contribution is -0.645. The Morgan fingerprint density at radius 1 is 0.455 bits per heavy atom. The molecule has 2 aromatic heterocycles. The summed E-state index contributed by atoms with van der Waals surface area (Å²) in [6.07, 6.45) is 2.26. The number of imide groups is 1. The summed E-state index contributed by atoms with van der Waals surface area (Å²) >= 11 is 0. The van der Waals surface area contributed by atoms with Crippen LogP contribution in [0.25, 0.3) is 43.6 Å². The van der Waals surface area contributed by atoms with Gasteiger partial charge in [-0.05, 0) is 148 Å². The van der Waals surface area contributed by atoms with Crippen molar-refractivity contribution in [2.24, 2.45) is 0 Å². The number of aromatic carboxylic acids is 1. The van der Waals surface area contributed by atoms with Crippen molar-refractivity contribution in [2.45, 2.75) is 106 Å². The average molecular weight is 1650 g/mol. The minimum absolute atomic E-state index is 0.00379. The number of methoxy groups -OCH3 is 1. The molecular weight excluding hydrogens is 1580 g/mol. The number of benzene rings is 6. The summed E-state index contributed by atoms with van der Waals surface area (Å²) in [7, 11) is -22.1. The van der Waals surface area contributed by atoms with E-state index >= 15 is 0 Å². The van der Waals surface area contributed by atoms with Crippen LogP contribution in [0.1, 0.15) is 129 Å². The highest BCUT2D eigenvalue weighted by molar-refractivity contribution is 7.86. The number of nitrogens with zero attached hydrogens (tertiary/aromatic N) is 2. The number of esters is 3. The molecule has 0 radical (unpaired) electrons. The van der Waals surface area contributed by atoms with Gasteiger partial charge in [0.1, 0.15) is 34.5 Å². The van der Waals surface area contributed by atoms with Crippen LogP contribution in [0.2, 0.25) is 0 Å². The number of hydrogen-bond acceptors (Lipinski definition) is 28. The third-order valence-electron chi connectivity index (χ3n) is 15.5. The van der Waals surface area contributed by atoms with E-state index in [1.54, 1.807) is 117 Å². The zero-order chi connectivity index (χ0) is 82.2. The smallest absolute Gasteiger partial charge is 0.425 e. The zero-order valence-electron chi connectivity index (χ0n) is 60.0. The Labute approximate surface area is 634 Å². The Morgan fingerprint density at radius 3 is 1.01 bits per heavy atom. The monoisotopic (exact) mass is 1650 g/mol. The Balaban J connectivity index is 0.000000331. The van der Waals surface area contributed by atoms with Gasteiger partial charge in [-0.1, -0.05) is 13.8 Å². The van der Waals surface area contributed by atoms with Crippen molar-refractivity contribution < 1.29 is 153 Å². The molecule has 0 atom stereocenters. The first kappa shape index (κ1) is 90.4. The molecule has 1 saturated heterocycles. The van der Waals surface area contributed by atoms with Crippen molar-refractivity contribution in [1.29, 1.82) is 0 Å². The van der Waals surface area contributed by atoms with Gasteiger partial charge in [-0.15, -0.1) is 25.3 Å². The van der Waals surface area contributed by atoms with Crippen molar-refractivity contribution >= 4 is 141 Å². The van der Waals surface area contributed by atoms with Crippen molar-refractivity contribution in [1.82, 2.24) is 5.32 Å². The number of rotatable bonds is 30. The van der Waals surface area contributed by atoms with Crippen molar-refractivity contribution in [2.75, 3.05) is 56.5 Å². The van der Waals surface area contributed by atoms with Crippen LogP contribution in [-0.2, 0) is 89.1 Å². The Morgan fingerprint density at radius 2 is 0.745 bits per heavy atom.